The molecule has 0 amide bonds. The highest BCUT2D eigenvalue weighted by molar-refractivity contribution is 7.47. The number of hydrogen-bond acceptors (Lipinski definition) is 12. The Hall–Kier alpha value is -1.98. The monoisotopic (exact) mass is 808 g/mol. The molecule has 2 aromatic carbocycles. The Kier molecular flexibility index (Phi) is 8.33. The maximum absolute atomic E-state index is 11.6. The van der Waals surface area contributed by atoms with Crippen molar-refractivity contribution in [2.45, 2.75) is 98.0 Å². The van der Waals surface area contributed by atoms with E-state index < -0.39 is 49.4 Å². The summed E-state index contributed by atoms with van der Waals surface area (Å²) >= 11 is 0. The lowest BCUT2D eigenvalue weighted by atomic mass is 9.44. The molecule has 12 rings (SSSR count). The van der Waals surface area contributed by atoms with Crippen molar-refractivity contribution in [1.82, 2.24) is 0 Å². The fourth-order valence-corrected chi connectivity index (χ4v) is 14.1. The summed E-state index contributed by atoms with van der Waals surface area (Å²) in [6.45, 7) is -0.239. The molecule has 0 radical (unpaired) electrons. The number of hydrogen-bond donors (Lipinski definition) is 5. The molecule has 18 heteroatoms. The van der Waals surface area contributed by atoms with Crippen molar-refractivity contribution in [3.63, 3.8) is 0 Å². The number of phosphoric acid groups is 2. The first-order valence-corrected chi connectivity index (χ1v) is 22.1. The maximum Gasteiger partial charge on any atom is 0.524 e. The minimum atomic E-state index is -4.80. The molecular weight excluding hydrogens is 762 g/mol. The van der Waals surface area contributed by atoms with Crippen LogP contribution < -0.4 is 9.05 Å². The van der Waals surface area contributed by atoms with Crippen molar-refractivity contribution in [2.24, 2.45) is 35.5 Å². The third kappa shape index (κ3) is 5.35. The Morgan fingerprint density at radius 3 is 1.55 bits per heavy atom. The zero-order chi connectivity index (χ0) is 38.3. The largest absolute Gasteiger partial charge is 0.524 e. The Morgan fingerprint density at radius 2 is 1.13 bits per heavy atom. The molecule has 8 aliphatic carbocycles. The lowest BCUT2D eigenvalue weighted by Crippen LogP contribution is -2.79. The summed E-state index contributed by atoms with van der Waals surface area (Å²) in [4.78, 5) is 61.7. The molecule has 2 aliphatic heterocycles. The van der Waals surface area contributed by atoms with Crippen molar-refractivity contribution in [2.75, 3.05) is 20.5 Å². The maximum atomic E-state index is 11.6. The Labute approximate surface area is 317 Å². The van der Waals surface area contributed by atoms with E-state index >= 15 is 0 Å². The predicted molar refractivity (Wildman–Crippen MR) is 185 cm³/mol. The minimum Gasteiger partial charge on any atom is -0.404 e. The van der Waals surface area contributed by atoms with Gasteiger partial charge in [-0.25, -0.2) is 23.8 Å². The summed E-state index contributed by atoms with van der Waals surface area (Å²) in [5.41, 5.74) is -2.60. The van der Waals surface area contributed by atoms with Crippen LogP contribution in [0.4, 0.5) is 0 Å². The first-order valence-electron chi connectivity index (χ1n) is 19.0. The first kappa shape index (κ1) is 37.3. The summed E-state index contributed by atoms with van der Waals surface area (Å²) < 4.78 is 52.8. The molecule has 0 aromatic heterocycles. The molecule has 5 N–H and O–H groups in total. The summed E-state index contributed by atoms with van der Waals surface area (Å²) in [5.74, 6) is -0.381. The van der Waals surface area contributed by atoms with Gasteiger partial charge in [0.25, 0.3) is 5.79 Å². The SMILES string of the molecule is COC1(c2cccc(OP(=O)(O)O)c2)OOC12C1CC3CC2CC(OCOC24CC5CC(C2)C2(OOC2(CO)c2cccc(OP(=O)(O)O)c2)C(C5)C4)(C3)C1. The lowest BCUT2D eigenvalue weighted by molar-refractivity contribution is -0.647. The summed E-state index contributed by atoms with van der Waals surface area (Å²) in [6.07, 6.45) is 8.27. The van der Waals surface area contributed by atoms with Crippen molar-refractivity contribution >= 4 is 15.6 Å². The van der Waals surface area contributed by atoms with Crippen LogP contribution in [0.2, 0.25) is 0 Å². The van der Waals surface area contributed by atoms with Gasteiger partial charge in [-0.15, -0.1) is 0 Å². The van der Waals surface area contributed by atoms with Gasteiger partial charge in [0, 0.05) is 24.5 Å². The van der Waals surface area contributed by atoms with Gasteiger partial charge in [0.05, 0.1) is 17.8 Å². The Morgan fingerprint density at radius 1 is 0.655 bits per heavy atom. The van der Waals surface area contributed by atoms with Gasteiger partial charge < -0.3 is 28.4 Å². The second kappa shape index (κ2) is 12.3. The smallest absolute Gasteiger partial charge is 0.404 e. The molecule has 2 saturated heterocycles. The van der Waals surface area contributed by atoms with Crippen LogP contribution in [0, 0.1) is 35.5 Å². The Bertz CT molecular complexity index is 1790. The fraction of sp³-hybridized carbons (Fsp3) is 0.676. The lowest BCUT2D eigenvalue weighted by Gasteiger charge is -2.71. The van der Waals surface area contributed by atoms with Gasteiger partial charge in [0.1, 0.15) is 23.9 Å². The number of ether oxygens (including phenoxy) is 3. The minimum absolute atomic E-state index is 0.00436. The standard InChI is InChI=1S/C37H46O16P2/c1-45-37(25-5-3-7-31(13-25)49-55(42,43)44)36(52-53-37)28-10-23-11-29(36)19-33(15-23,18-28)47-21-46-32-14-22-8-26(16-32)35(27(9-22)17-32)34(20-38,50-51-35)24-4-2-6-30(12-24)48-54(39,40)41/h2-7,12-13,22-23,26-29,38H,8-11,14-21H2,1H3,(H2,39,40,41)(H2,42,43,44). The molecule has 55 heavy (non-hydrogen) atoms. The van der Waals surface area contributed by atoms with Crippen LogP contribution in [0.1, 0.15) is 75.3 Å². The average Bonchev–Trinajstić information content (AvgIpc) is 3.06. The van der Waals surface area contributed by atoms with Crippen molar-refractivity contribution in [3.05, 3.63) is 59.7 Å². The molecule has 2 aromatic rings. The predicted octanol–water partition coefficient (Wildman–Crippen LogP) is 4.87. The van der Waals surface area contributed by atoms with Gasteiger partial charge >= 0.3 is 15.6 Å². The van der Waals surface area contributed by atoms with Gasteiger partial charge in [0.2, 0.25) is 0 Å². The normalized spacial score (nSPS) is 44.8. The molecule has 6 unspecified atom stereocenters. The molecule has 8 bridgehead atoms. The molecule has 2 heterocycles. The van der Waals surface area contributed by atoms with Gasteiger partial charge in [0.15, 0.2) is 11.2 Å². The van der Waals surface area contributed by atoms with Crippen LogP contribution in [0.5, 0.6) is 11.5 Å². The van der Waals surface area contributed by atoms with Crippen LogP contribution in [0.15, 0.2) is 48.5 Å². The van der Waals surface area contributed by atoms with E-state index in [0.717, 1.165) is 51.4 Å². The molecule has 8 saturated carbocycles. The highest BCUT2D eigenvalue weighted by Gasteiger charge is 2.80. The van der Waals surface area contributed by atoms with E-state index in [2.05, 4.69) is 0 Å². The van der Waals surface area contributed by atoms with Gasteiger partial charge in [-0.3, -0.25) is 19.6 Å². The average molecular weight is 809 g/mol. The van der Waals surface area contributed by atoms with Gasteiger partial charge in [-0.05, 0) is 118 Å². The van der Waals surface area contributed by atoms with Crippen molar-refractivity contribution < 1.29 is 76.6 Å². The number of methoxy groups -OCH3 is 1. The zero-order valence-electron chi connectivity index (χ0n) is 30.2. The van der Waals surface area contributed by atoms with E-state index in [0.29, 0.717) is 35.8 Å². The number of aliphatic hydroxyl groups excluding tert-OH is 1. The Balaban J connectivity index is 0.853. The van der Waals surface area contributed by atoms with Crippen LogP contribution >= 0.6 is 15.6 Å². The fourth-order valence-electron chi connectivity index (χ4n) is 13.3. The zero-order valence-corrected chi connectivity index (χ0v) is 32.0. The van der Waals surface area contributed by atoms with Crippen LogP contribution in [0.25, 0.3) is 0 Å². The summed E-state index contributed by atoms with van der Waals surface area (Å²) in [5, 5.41) is 10.9. The van der Waals surface area contributed by atoms with E-state index in [4.69, 9.17) is 42.8 Å². The highest BCUT2D eigenvalue weighted by Crippen LogP contribution is 2.73. The van der Waals surface area contributed by atoms with Crippen LogP contribution in [-0.2, 0) is 54.3 Å². The topological polar surface area (TPSA) is 218 Å². The second-order valence-electron chi connectivity index (χ2n) is 17.4. The molecule has 10 aliphatic rings. The van der Waals surface area contributed by atoms with E-state index in [1.54, 1.807) is 31.4 Å². The number of aliphatic hydroxyl groups is 1. The van der Waals surface area contributed by atoms with E-state index in [-0.39, 0.29) is 48.6 Å². The number of benzene rings is 2. The molecule has 2 spiro atoms. The molecule has 6 atom stereocenters. The van der Waals surface area contributed by atoms with E-state index in [1.807, 2.05) is 0 Å². The number of phosphoric ester groups is 2. The quantitative estimate of drug-likeness (QED) is 0.110. The van der Waals surface area contributed by atoms with Crippen LogP contribution in [0.3, 0.4) is 0 Å². The first-order chi connectivity index (χ1) is 26.1. The molecule has 16 nitrogen and oxygen atoms in total. The molecule has 10 fully saturated rings. The third-order valence-electron chi connectivity index (χ3n) is 14.7. The number of rotatable bonds is 12. The van der Waals surface area contributed by atoms with Crippen molar-refractivity contribution in [3.8, 4) is 11.5 Å². The van der Waals surface area contributed by atoms with Gasteiger partial charge in [-0.1, -0.05) is 24.3 Å². The molecular formula is C37H46O16P2. The third-order valence-corrected chi connectivity index (χ3v) is 15.6. The van der Waals surface area contributed by atoms with E-state index in [9.17, 15) is 33.8 Å². The van der Waals surface area contributed by atoms with Crippen LogP contribution in [-0.4, -0.2) is 67.6 Å². The molecule has 300 valence electrons. The second-order valence-corrected chi connectivity index (χ2v) is 19.7. The van der Waals surface area contributed by atoms with Gasteiger partial charge in [-0.2, -0.15) is 4.89 Å². The summed E-state index contributed by atoms with van der Waals surface area (Å²) in [7, 11) is -8.02. The van der Waals surface area contributed by atoms with Crippen molar-refractivity contribution in [1.29, 1.82) is 0 Å². The van der Waals surface area contributed by atoms with E-state index in [1.165, 1.54) is 24.3 Å². The summed E-state index contributed by atoms with van der Waals surface area (Å²) in [6, 6.07) is 12.8. The highest BCUT2D eigenvalue weighted by atomic mass is 31.2.